The fraction of sp³-hybridized carbons (Fsp3) is 0.600. The van der Waals surface area contributed by atoms with E-state index in [2.05, 4.69) is 25.2 Å². The fourth-order valence-corrected chi connectivity index (χ4v) is 3.21. The van der Waals surface area contributed by atoms with Crippen molar-refractivity contribution in [2.75, 3.05) is 18.9 Å². The number of hydrogen-bond donors (Lipinski definition) is 2. The molecule has 1 aromatic rings. The van der Waals surface area contributed by atoms with E-state index < -0.39 is 6.10 Å². The molecule has 0 fully saturated rings. The molecule has 1 aliphatic rings. The predicted octanol–water partition coefficient (Wildman–Crippen LogP) is 2.46. The molecule has 0 aromatic heterocycles. The van der Waals surface area contributed by atoms with Gasteiger partial charge in [-0.2, -0.15) is 0 Å². The van der Waals surface area contributed by atoms with E-state index in [9.17, 15) is 5.11 Å². The number of aliphatic hydroxyl groups excluding tert-OH is 1. The van der Waals surface area contributed by atoms with E-state index in [-0.39, 0.29) is 0 Å². The van der Waals surface area contributed by atoms with Gasteiger partial charge in [-0.15, -0.1) is 11.8 Å². The average molecular weight is 281 g/mol. The van der Waals surface area contributed by atoms with Crippen LogP contribution in [0.15, 0.2) is 23.1 Å². The Kier molecular flexibility index (Phi) is 5.55. The first-order chi connectivity index (χ1) is 9.16. The molecule has 0 bridgehead atoms. The molecule has 1 aromatic carbocycles. The maximum absolute atomic E-state index is 9.87. The van der Waals surface area contributed by atoms with Gasteiger partial charge in [-0.3, -0.25) is 0 Å². The van der Waals surface area contributed by atoms with Crippen molar-refractivity contribution in [1.82, 2.24) is 5.32 Å². The molecule has 2 rings (SSSR count). The summed E-state index contributed by atoms with van der Waals surface area (Å²) in [4.78, 5) is 1.26. The van der Waals surface area contributed by atoms with Crippen molar-refractivity contribution in [1.29, 1.82) is 0 Å². The lowest BCUT2D eigenvalue weighted by atomic mass is 10.1. The average Bonchev–Trinajstić information content (AvgIpc) is 2.42. The van der Waals surface area contributed by atoms with Crippen LogP contribution in [0.4, 0.5) is 0 Å². The van der Waals surface area contributed by atoms with Crippen LogP contribution in [0, 0.1) is 0 Å². The summed E-state index contributed by atoms with van der Waals surface area (Å²) in [6, 6.07) is 6.60. The SMILES string of the molecule is CC(C)NCC(O)COc1cccc2c1SCCC2. The van der Waals surface area contributed by atoms with Crippen molar-refractivity contribution in [3.8, 4) is 5.75 Å². The highest BCUT2D eigenvalue weighted by Crippen LogP contribution is 2.37. The Morgan fingerprint density at radius 1 is 1.42 bits per heavy atom. The molecule has 1 heterocycles. The minimum absolute atomic E-state index is 0.344. The standard InChI is InChI=1S/C15H23NO2S/c1-11(2)16-9-13(17)10-18-14-7-3-5-12-6-4-8-19-15(12)14/h3,5,7,11,13,16-17H,4,6,8-10H2,1-2H3. The van der Waals surface area contributed by atoms with E-state index in [1.807, 2.05) is 23.9 Å². The van der Waals surface area contributed by atoms with Crippen LogP contribution < -0.4 is 10.1 Å². The van der Waals surface area contributed by atoms with E-state index >= 15 is 0 Å². The Hall–Kier alpha value is -0.710. The van der Waals surface area contributed by atoms with Crippen LogP contribution in [0.25, 0.3) is 0 Å². The summed E-state index contributed by atoms with van der Waals surface area (Å²) >= 11 is 1.86. The van der Waals surface area contributed by atoms with Crippen LogP contribution in [0.2, 0.25) is 0 Å². The van der Waals surface area contributed by atoms with Gasteiger partial charge in [-0.05, 0) is 30.2 Å². The molecule has 0 aliphatic carbocycles. The van der Waals surface area contributed by atoms with Crippen molar-refractivity contribution in [3.63, 3.8) is 0 Å². The van der Waals surface area contributed by atoms with Crippen molar-refractivity contribution in [3.05, 3.63) is 23.8 Å². The predicted molar refractivity (Wildman–Crippen MR) is 80.1 cm³/mol. The molecule has 0 radical (unpaired) electrons. The summed E-state index contributed by atoms with van der Waals surface area (Å²) in [5.41, 5.74) is 1.38. The second-order valence-corrected chi connectivity index (χ2v) is 6.33. The van der Waals surface area contributed by atoms with Crippen molar-refractivity contribution >= 4 is 11.8 Å². The highest BCUT2D eigenvalue weighted by Gasteiger charge is 2.15. The van der Waals surface area contributed by atoms with Gasteiger partial charge in [0.15, 0.2) is 0 Å². The lowest BCUT2D eigenvalue weighted by Crippen LogP contribution is -2.35. The minimum Gasteiger partial charge on any atom is -0.490 e. The number of hydrogen-bond acceptors (Lipinski definition) is 4. The van der Waals surface area contributed by atoms with Gasteiger partial charge >= 0.3 is 0 Å². The summed E-state index contributed by atoms with van der Waals surface area (Å²) < 4.78 is 5.79. The highest BCUT2D eigenvalue weighted by molar-refractivity contribution is 7.99. The zero-order chi connectivity index (χ0) is 13.7. The normalized spacial score (nSPS) is 16.2. The van der Waals surface area contributed by atoms with Crippen molar-refractivity contribution < 1.29 is 9.84 Å². The van der Waals surface area contributed by atoms with Crippen LogP contribution in [-0.2, 0) is 6.42 Å². The second-order valence-electron chi connectivity index (χ2n) is 5.22. The molecule has 1 unspecified atom stereocenters. The molecule has 19 heavy (non-hydrogen) atoms. The first-order valence-corrected chi connectivity index (χ1v) is 7.94. The lowest BCUT2D eigenvalue weighted by Gasteiger charge is -2.20. The third-order valence-corrected chi connectivity index (χ3v) is 4.34. The molecule has 2 N–H and O–H groups in total. The molecule has 1 aliphatic heterocycles. The van der Waals surface area contributed by atoms with Gasteiger partial charge in [-0.1, -0.05) is 26.0 Å². The summed E-state index contributed by atoms with van der Waals surface area (Å²) in [6.07, 6.45) is 1.91. The fourth-order valence-electron chi connectivity index (χ4n) is 2.09. The highest BCUT2D eigenvalue weighted by atomic mass is 32.2. The third-order valence-electron chi connectivity index (χ3n) is 3.09. The zero-order valence-electron chi connectivity index (χ0n) is 11.7. The summed E-state index contributed by atoms with van der Waals surface area (Å²) in [5.74, 6) is 2.08. The number of thioether (sulfide) groups is 1. The van der Waals surface area contributed by atoms with E-state index in [1.165, 1.54) is 16.9 Å². The Morgan fingerprint density at radius 2 is 2.26 bits per heavy atom. The molecular formula is C15H23NO2S. The molecule has 0 spiro atoms. The van der Waals surface area contributed by atoms with E-state index in [0.29, 0.717) is 19.2 Å². The van der Waals surface area contributed by atoms with E-state index in [1.54, 1.807) is 0 Å². The van der Waals surface area contributed by atoms with Crippen LogP contribution in [0.5, 0.6) is 5.75 Å². The van der Waals surface area contributed by atoms with Crippen molar-refractivity contribution in [2.45, 2.75) is 43.7 Å². The van der Waals surface area contributed by atoms with E-state index in [4.69, 9.17) is 4.74 Å². The maximum atomic E-state index is 9.87. The zero-order valence-corrected chi connectivity index (χ0v) is 12.5. The van der Waals surface area contributed by atoms with Crippen LogP contribution in [0.3, 0.4) is 0 Å². The van der Waals surface area contributed by atoms with Gasteiger partial charge in [0.25, 0.3) is 0 Å². The maximum Gasteiger partial charge on any atom is 0.133 e. The largest absolute Gasteiger partial charge is 0.490 e. The monoisotopic (exact) mass is 281 g/mol. The van der Waals surface area contributed by atoms with E-state index in [0.717, 1.165) is 17.9 Å². The number of aliphatic hydroxyl groups is 1. The lowest BCUT2D eigenvalue weighted by molar-refractivity contribution is 0.103. The summed E-state index contributed by atoms with van der Waals surface area (Å²) in [5, 5.41) is 13.1. The number of rotatable bonds is 6. The van der Waals surface area contributed by atoms with Gasteiger partial charge in [0.2, 0.25) is 0 Å². The molecule has 0 saturated heterocycles. The molecular weight excluding hydrogens is 258 g/mol. The Bertz CT molecular complexity index is 409. The molecule has 0 saturated carbocycles. The summed E-state index contributed by atoms with van der Waals surface area (Å²) in [7, 11) is 0. The molecule has 1 atom stereocenters. The quantitative estimate of drug-likeness (QED) is 0.840. The third kappa shape index (κ3) is 4.41. The van der Waals surface area contributed by atoms with Gasteiger partial charge in [0, 0.05) is 12.6 Å². The van der Waals surface area contributed by atoms with Crippen LogP contribution in [-0.4, -0.2) is 36.2 Å². The second kappa shape index (κ2) is 7.17. The number of fused-ring (bicyclic) bond motifs is 1. The Labute approximate surface area is 119 Å². The number of aryl methyl sites for hydroxylation is 1. The number of nitrogens with one attached hydrogen (secondary N) is 1. The van der Waals surface area contributed by atoms with Crippen molar-refractivity contribution in [2.24, 2.45) is 0 Å². The first-order valence-electron chi connectivity index (χ1n) is 6.95. The topological polar surface area (TPSA) is 41.5 Å². The van der Waals surface area contributed by atoms with Gasteiger partial charge in [-0.25, -0.2) is 0 Å². The van der Waals surface area contributed by atoms with Gasteiger partial charge in [0.05, 0.1) is 4.90 Å². The number of ether oxygens (including phenoxy) is 1. The smallest absolute Gasteiger partial charge is 0.133 e. The number of benzene rings is 1. The molecule has 0 amide bonds. The Morgan fingerprint density at radius 3 is 3.05 bits per heavy atom. The molecule has 4 heteroatoms. The molecule has 106 valence electrons. The van der Waals surface area contributed by atoms with Crippen LogP contribution >= 0.6 is 11.8 Å². The minimum atomic E-state index is -0.466. The van der Waals surface area contributed by atoms with Crippen LogP contribution in [0.1, 0.15) is 25.8 Å². The first kappa shape index (κ1) is 14.7. The molecule has 3 nitrogen and oxygen atoms in total. The van der Waals surface area contributed by atoms with Gasteiger partial charge < -0.3 is 15.2 Å². The Balaban J connectivity index is 1.89. The van der Waals surface area contributed by atoms with Gasteiger partial charge in [0.1, 0.15) is 18.5 Å². The summed E-state index contributed by atoms with van der Waals surface area (Å²) in [6.45, 7) is 5.05.